The Hall–Kier alpha value is -3.71. The van der Waals surface area contributed by atoms with E-state index in [1.54, 1.807) is 0 Å². The van der Waals surface area contributed by atoms with Gasteiger partial charge in [-0.25, -0.2) is 0 Å². The Labute approximate surface area is 191 Å². The summed E-state index contributed by atoms with van der Waals surface area (Å²) in [6.07, 6.45) is 0.148. The van der Waals surface area contributed by atoms with Crippen molar-refractivity contribution < 1.29 is 9.53 Å². The van der Waals surface area contributed by atoms with Gasteiger partial charge in [0, 0.05) is 29.4 Å². The van der Waals surface area contributed by atoms with Gasteiger partial charge in [0.2, 0.25) is 11.0 Å². The van der Waals surface area contributed by atoms with Crippen molar-refractivity contribution in [2.24, 2.45) is 0 Å². The number of hydrogen-bond donors (Lipinski definition) is 2. The lowest BCUT2D eigenvalue weighted by molar-refractivity contribution is -0.114. The Bertz CT molecular complexity index is 1200. The van der Waals surface area contributed by atoms with Gasteiger partial charge in [-0.3, -0.25) is 4.79 Å². The zero-order chi connectivity index (χ0) is 22.5. The number of nitrogens with zero attached hydrogens (tertiary/aromatic N) is 2. The quantitative estimate of drug-likeness (QED) is 0.347. The summed E-state index contributed by atoms with van der Waals surface area (Å²) in [7, 11) is 0. The summed E-state index contributed by atoms with van der Waals surface area (Å²) in [5.74, 6) is 0.705. The van der Waals surface area contributed by atoms with Crippen LogP contribution >= 0.6 is 11.3 Å². The molecule has 0 unspecified atom stereocenters. The fourth-order valence-electron chi connectivity index (χ4n) is 3.22. The van der Waals surface area contributed by atoms with Gasteiger partial charge in [0.1, 0.15) is 10.8 Å². The first-order valence-corrected chi connectivity index (χ1v) is 11.1. The fraction of sp³-hybridized carbons (Fsp3) is 0.160. The van der Waals surface area contributed by atoms with Crippen molar-refractivity contribution in [2.45, 2.75) is 26.9 Å². The van der Waals surface area contributed by atoms with E-state index >= 15 is 0 Å². The topological polar surface area (TPSA) is 76.1 Å². The first kappa shape index (κ1) is 21.5. The van der Waals surface area contributed by atoms with Crippen LogP contribution in [0.15, 0.2) is 72.8 Å². The van der Waals surface area contributed by atoms with Gasteiger partial charge >= 0.3 is 0 Å². The minimum absolute atomic E-state index is 0.148. The maximum atomic E-state index is 11.2. The van der Waals surface area contributed by atoms with Crippen LogP contribution in [-0.2, 0) is 4.79 Å². The van der Waals surface area contributed by atoms with Gasteiger partial charge in [-0.1, -0.05) is 41.7 Å². The van der Waals surface area contributed by atoms with Crippen molar-refractivity contribution in [1.29, 1.82) is 0 Å². The molecule has 7 heteroatoms. The number of aromatic nitrogens is 2. The lowest BCUT2D eigenvalue weighted by Gasteiger charge is -2.14. The van der Waals surface area contributed by atoms with Crippen molar-refractivity contribution in [3.63, 3.8) is 0 Å². The van der Waals surface area contributed by atoms with E-state index in [9.17, 15) is 4.79 Å². The fourth-order valence-corrected chi connectivity index (χ4v) is 4.02. The Balaban J connectivity index is 1.51. The van der Waals surface area contributed by atoms with Crippen molar-refractivity contribution in [3.8, 4) is 27.4 Å². The zero-order valence-corrected chi connectivity index (χ0v) is 18.9. The SMILES string of the molecule is CC(=O)Nc1nnc(-c2ccc(Nc3ccccc3-c3ccc(OC(C)C)cc3)cc2)s1. The molecule has 6 nitrogen and oxygen atoms in total. The number of rotatable bonds is 7. The van der Waals surface area contributed by atoms with Crippen molar-refractivity contribution >= 4 is 33.8 Å². The van der Waals surface area contributed by atoms with Gasteiger partial charge in [-0.15, -0.1) is 10.2 Å². The third-order valence-corrected chi connectivity index (χ3v) is 5.47. The Morgan fingerprint density at radius 1 is 0.906 bits per heavy atom. The molecule has 0 bridgehead atoms. The second-order valence-electron chi connectivity index (χ2n) is 7.53. The summed E-state index contributed by atoms with van der Waals surface area (Å²) in [6, 6.07) is 24.3. The van der Waals surface area contributed by atoms with Crippen molar-refractivity contribution in [1.82, 2.24) is 10.2 Å². The van der Waals surface area contributed by atoms with E-state index in [1.165, 1.54) is 18.3 Å². The van der Waals surface area contributed by atoms with Gasteiger partial charge in [0.15, 0.2) is 0 Å². The van der Waals surface area contributed by atoms with Crippen LogP contribution < -0.4 is 15.4 Å². The number of para-hydroxylation sites is 1. The van der Waals surface area contributed by atoms with Crippen molar-refractivity contribution in [2.75, 3.05) is 10.6 Å². The van der Waals surface area contributed by atoms with E-state index in [2.05, 4.69) is 45.1 Å². The van der Waals surface area contributed by atoms with E-state index in [1.807, 2.05) is 62.4 Å². The van der Waals surface area contributed by atoms with E-state index in [0.29, 0.717) is 5.13 Å². The number of carbonyl (C=O) groups is 1. The smallest absolute Gasteiger partial charge is 0.223 e. The Morgan fingerprint density at radius 3 is 2.28 bits per heavy atom. The molecule has 0 spiro atoms. The summed E-state index contributed by atoms with van der Waals surface area (Å²) in [5, 5.41) is 15.6. The average molecular weight is 445 g/mol. The molecule has 0 aliphatic heterocycles. The first-order valence-electron chi connectivity index (χ1n) is 10.3. The molecule has 1 aromatic heterocycles. The molecule has 0 atom stereocenters. The summed E-state index contributed by atoms with van der Waals surface area (Å²) < 4.78 is 5.75. The van der Waals surface area contributed by atoms with Gasteiger partial charge in [0.25, 0.3) is 0 Å². The largest absolute Gasteiger partial charge is 0.491 e. The molecular weight excluding hydrogens is 420 g/mol. The van der Waals surface area contributed by atoms with E-state index < -0.39 is 0 Å². The highest BCUT2D eigenvalue weighted by Gasteiger charge is 2.09. The third kappa shape index (κ3) is 5.31. The number of hydrogen-bond acceptors (Lipinski definition) is 6. The van der Waals surface area contributed by atoms with E-state index in [4.69, 9.17) is 4.74 Å². The van der Waals surface area contributed by atoms with E-state index in [0.717, 1.165) is 38.8 Å². The number of nitrogens with one attached hydrogen (secondary N) is 2. The van der Waals surface area contributed by atoms with Gasteiger partial charge in [0.05, 0.1) is 6.10 Å². The molecule has 4 aromatic rings. The predicted octanol–water partition coefficient (Wildman–Crippen LogP) is 6.36. The normalized spacial score (nSPS) is 10.8. The van der Waals surface area contributed by atoms with Crippen LogP contribution in [-0.4, -0.2) is 22.2 Å². The summed E-state index contributed by atoms with van der Waals surface area (Å²) in [4.78, 5) is 11.2. The highest BCUT2D eigenvalue weighted by atomic mass is 32.1. The monoisotopic (exact) mass is 444 g/mol. The average Bonchev–Trinajstić information content (AvgIpc) is 3.23. The van der Waals surface area contributed by atoms with Gasteiger partial charge in [-0.2, -0.15) is 0 Å². The van der Waals surface area contributed by atoms with Crippen molar-refractivity contribution in [3.05, 3.63) is 72.8 Å². The molecule has 2 N–H and O–H groups in total. The molecular formula is C25H24N4O2S. The van der Waals surface area contributed by atoms with Crippen LogP contribution in [0.5, 0.6) is 5.75 Å². The molecule has 0 fully saturated rings. The minimum Gasteiger partial charge on any atom is -0.491 e. The molecule has 0 aliphatic rings. The van der Waals surface area contributed by atoms with E-state index in [-0.39, 0.29) is 12.0 Å². The number of amides is 1. The maximum absolute atomic E-state index is 11.2. The Kier molecular flexibility index (Phi) is 6.47. The maximum Gasteiger partial charge on any atom is 0.223 e. The lowest BCUT2D eigenvalue weighted by Crippen LogP contribution is -2.05. The molecule has 0 saturated heterocycles. The van der Waals surface area contributed by atoms with Crippen LogP contribution in [0.1, 0.15) is 20.8 Å². The third-order valence-electron chi connectivity index (χ3n) is 4.58. The van der Waals surface area contributed by atoms with Crippen LogP contribution in [0.3, 0.4) is 0 Å². The zero-order valence-electron chi connectivity index (χ0n) is 18.1. The number of anilines is 3. The number of carbonyl (C=O) groups excluding carboxylic acids is 1. The molecule has 0 saturated carbocycles. The molecule has 0 radical (unpaired) electrons. The van der Waals surface area contributed by atoms with Crippen LogP contribution in [0.25, 0.3) is 21.7 Å². The van der Waals surface area contributed by atoms with Crippen LogP contribution in [0.2, 0.25) is 0 Å². The van der Waals surface area contributed by atoms with Crippen LogP contribution in [0.4, 0.5) is 16.5 Å². The molecule has 3 aromatic carbocycles. The second-order valence-corrected chi connectivity index (χ2v) is 8.51. The Morgan fingerprint density at radius 2 is 1.59 bits per heavy atom. The second kappa shape index (κ2) is 9.62. The highest BCUT2D eigenvalue weighted by molar-refractivity contribution is 7.18. The number of ether oxygens (including phenoxy) is 1. The van der Waals surface area contributed by atoms with Gasteiger partial charge in [-0.05, 0) is 61.9 Å². The first-order chi connectivity index (χ1) is 15.5. The lowest BCUT2D eigenvalue weighted by atomic mass is 10.0. The highest BCUT2D eigenvalue weighted by Crippen LogP contribution is 2.33. The van der Waals surface area contributed by atoms with Crippen LogP contribution in [0, 0.1) is 0 Å². The number of benzene rings is 3. The van der Waals surface area contributed by atoms with Gasteiger partial charge < -0.3 is 15.4 Å². The molecule has 162 valence electrons. The summed E-state index contributed by atoms with van der Waals surface area (Å²) >= 11 is 1.34. The summed E-state index contributed by atoms with van der Waals surface area (Å²) in [5.41, 5.74) is 5.14. The molecule has 1 amide bonds. The molecule has 1 heterocycles. The minimum atomic E-state index is -0.159. The standard InChI is InChI=1S/C25H24N4O2S/c1-16(2)31-21-14-10-18(11-15-21)22-6-4-5-7-23(22)27-20-12-8-19(9-13-20)24-28-29-25(32-24)26-17(3)30/h4-16,27H,1-3H3,(H,26,29,30). The summed E-state index contributed by atoms with van der Waals surface area (Å²) in [6.45, 7) is 5.49. The molecule has 0 aliphatic carbocycles. The molecule has 32 heavy (non-hydrogen) atoms. The molecule has 4 rings (SSSR count). The predicted molar refractivity (Wildman–Crippen MR) is 131 cm³/mol.